The summed E-state index contributed by atoms with van der Waals surface area (Å²) in [6.07, 6.45) is -0.0644. The Balaban J connectivity index is 1.89. The molecule has 6 nitrogen and oxygen atoms in total. The van der Waals surface area contributed by atoms with Crippen LogP contribution in [-0.2, 0) is 0 Å². The number of anilines is 1. The van der Waals surface area contributed by atoms with Crippen molar-refractivity contribution in [3.63, 3.8) is 0 Å². The highest BCUT2D eigenvalue weighted by molar-refractivity contribution is 6.09. The smallest absolute Gasteiger partial charge is 0.340 e. The Labute approximate surface area is 174 Å². The van der Waals surface area contributed by atoms with Crippen LogP contribution in [0.25, 0.3) is 22.3 Å². The summed E-state index contributed by atoms with van der Waals surface area (Å²) in [5.41, 5.74) is 1.92. The zero-order chi connectivity index (χ0) is 21.4. The van der Waals surface area contributed by atoms with E-state index in [0.29, 0.717) is 22.3 Å². The first-order valence-corrected chi connectivity index (χ1v) is 10.0. The summed E-state index contributed by atoms with van der Waals surface area (Å²) in [5.74, 6) is -0.646. The van der Waals surface area contributed by atoms with Crippen molar-refractivity contribution in [2.24, 2.45) is 0 Å². The van der Waals surface area contributed by atoms with Gasteiger partial charge >= 0.3 is 5.97 Å². The molecule has 0 spiro atoms. The van der Waals surface area contributed by atoms with Crippen molar-refractivity contribution in [2.45, 2.75) is 20.0 Å². The molecule has 1 N–H and O–H groups in total. The number of rotatable bonds is 5. The molecule has 2 heterocycles. The zero-order valence-electron chi connectivity index (χ0n) is 17.3. The van der Waals surface area contributed by atoms with Gasteiger partial charge in [0.15, 0.2) is 0 Å². The molecule has 158 valence electrons. The van der Waals surface area contributed by atoms with Gasteiger partial charge in [-0.1, -0.05) is 0 Å². The van der Waals surface area contributed by atoms with Crippen LogP contribution in [-0.4, -0.2) is 55.3 Å². The van der Waals surface area contributed by atoms with Gasteiger partial charge in [-0.15, -0.1) is 0 Å². The molecule has 1 saturated heterocycles. The standard InChI is InChI=1S/C23H25FN2O4/c1-14(2)29-20-12-17-19(13-18(20)26-10-8-25(3)9-11-26)30-22(21(17)23(27)28)15-4-6-16(24)7-5-15/h4-7,12-14H,8-11H2,1-3H3,(H,27,28). The number of halogens is 1. The third-order valence-electron chi connectivity index (χ3n) is 5.30. The van der Waals surface area contributed by atoms with E-state index in [1.807, 2.05) is 19.9 Å². The van der Waals surface area contributed by atoms with E-state index in [9.17, 15) is 14.3 Å². The van der Waals surface area contributed by atoms with Gasteiger partial charge in [-0.25, -0.2) is 9.18 Å². The number of piperazine rings is 1. The molecule has 0 bridgehead atoms. The van der Waals surface area contributed by atoms with Gasteiger partial charge in [0, 0.05) is 43.2 Å². The minimum absolute atomic E-state index is 0.0511. The van der Waals surface area contributed by atoms with Crippen LogP contribution < -0.4 is 9.64 Å². The van der Waals surface area contributed by atoms with Gasteiger partial charge in [0.1, 0.15) is 28.5 Å². The SMILES string of the molecule is CC(C)Oc1cc2c(C(=O)O)c(-c3ccc(F)cc3)oc2cc1N1CCN(C)CC1. The maximum atomic E-state index is 13.4. The largest absolute Gasteiger partial charge is 0.489 e. The first-order chi connectivity index (χ1) is 14.3. The maximum Gasteiger partial charge on any atom is 0.340 e. The van der Waals surface area contributed by atoms with E-state index in [2.05, 4.69) is 16.8 Å². The molecule has 0 atom stereocenters. The highest BCUT2D eigenvalue weighted by Gasteiger charge is 2.26. The van der Waals surface area contributed by atoms with Crippen LogP contribution in [0, 0.1) is 5.82 Å². The van der Waals surface area contributed by atoms with Crippen molar-refractivity contribution < 1.29 is 23.4 Å². The fourth-order valence-corrected chi connectivity index (χ4v) is 3.77. The zero-order valence-corrected chi connectivity index (χ0v) is 17.3. The van der Waals surface area contributed by atoms with Crippen LogP contribution >= 0.6 is 0 Å². The summed E-state index contributed by atoms with van der Waals surface area (Å²) in [7, 11) is 2.09. The van der Waals surface area contributed by atoms with E-state index >= 15 is 0 Å². The van der Waals surface area contributed by atoms with Crippen molar-refractivity contribution in [3.05, 3.63) is 47.8 Å². The number of carboxylic acids is 1. The molecular weight excluding hydrogens is 387 g/mol. The van der Waals surface area contributed by atoms with Crippen molar-refractivity contribution >= 4 is 22.6 Å². The number of fused-ring (bicyclic) bond motifs is 1. The molecule has 0 radical (unpaired) electrons. The van der Waals surface area contributed by atoms with Crippen LogP contribution in [0.3, 0.4) is 0 Å². The van der Waals surface area contributed by atoms with Gasteiger partial charge in [0.05, 0.1) is 11.8 Å². The number of nitrogens with zero attached hydrogens (tertiary/aromatic N) is 2. The van der Waals surface area contributed by atoms with Crippen molar-refractivity contribution in [1.82, 2.24) is 4.90 Å². The normalized spacial score (nSPS) is 15.2. The third-order valence-corrected chi connectivity index (χ3v) is 5.30. The van der Waals surface area contributed by atoms with Crippen LogP contribution in [0.1, 0.15) is 24.2 Å². The molecule has 0 aliphatic carbocycles. The van der Waals surface area contributed by atoms with Crippen LogP contribution in [0.15, 0.2) is 40.8 Å². The molecule has 0 unspecified atom stereocenters. The lowest BCUT2D eigenvalue weighted by Gasteiger charge is -2.35. The molecule has 0 amide bonds. The number of hydrogen-bond acceptors (Lipinski definition) is 5. The minimum atomic E-state index is -1.10. The molecule has 3 aromatic rings. The number of benzene rings is 2. The molecule has 4 rings (SSSR count). The summed E-state index contributed by atoms with van der Waals surface area (Å²) in [5, 5.41) is 10.4. The number of carbonyl (C=O) groups is 1. The molecule has 1 aromatic heterocycles. The van der Waals surface area contributed by atoms with Gasteiger partial charge in [0.2, 0.25) is 0 Å². The molecule has 30 heavy (non-hydrogen) atoms. The van der Waals surface area contributed by atoms with Crippen molar-refractivity contribution in [3.8, 4) is 17.1 Å². The topological polar surface area (TPSA) is 66.2 Å². The fourth-order valence-electron chi connectivity index (χ4n) is 3.77. The first-order valence-electron chi connectivity index (χ1n) is 10.0. The lowest BCUT2D eigenvalue weighted by Crippen LogP contribution is -2.44. The van der Waals surface area contributed by atoms with Crippen LogP contribution in [0.2, 0.25) is 0 Å². The second-order valence-electron chi connectivity index (χ2n) is 7.89. The molecule has 1 aliphatic heterocycles. The Hall–Kier alpha value is -3.06. The monoisotopic (exact) mass is 412 g/mol. The molecule has 7 heteroatoms. The van der Waals surface area contributed by atoms with E-state index in [1.165, 1.54) is 24.3 Å². The first kappa shape index (κ1) is 20.2. The average molecular weight is 412 g/mol. The van der Waals surface area contributed by atoms with E-state index < -0.39 is 11.8 Å². The second kappa shape index (κ2) is 7.99. The van der Waals surface area contributed by atoms with Crippen LogP contribution in [0.4, 0.5) is 10.1 Å². The second-order valence-corrected chi connectivity index (χ2v) is 7.89. The Morgan fingerprint density at radius 1 is 1.13 bits per heavy atom. The van der Waals surface area contributed by atoms with E-state index in [4.69, 9.17) is 9.15 Å². The summed E-state index contributed by atoms with van der Waals surface area (Å²) >= 11 is 0. The average Bonchev–Trinajstić information content (AvgIpc) is 3.07. The molecule has 1 aliphatic rings. The molecule has 1 fully saturated rings. The lowest BCUT2D eigenvalue weighted by atomic mass is 10.0. The van der Waals surface area contributed by atoms with Gasteiger partial charge in [-0.3, -0.25) is 0 Å². The quantitative estimate of drug-likeness (QED) is 0.667. The Morgan fingerprint density at radius 2 is 1.80 bits per heavy atom. The summed E-state index contributed by atoms with van der Waals surface area (Å²) in [6.45, 7) is 7.42. The highest BCUT2D eigenvalue weighted by Crippen LogP contribution is 2.41. The number of carboxylic acid groups (broad SMARTS) is 1. The van der Waals surface area contributed by atoms with E-state index in [-0.39, 0.29) is 17.4 Å². The van der Waals surface area contributed by atoms with Gasteiger partial charge < -0.3 is 24.1 Å². The van der Waals surface area contributed by atoms with Crippen molar-refractivity contribution in [1.29, 1.82) is 0 Å². The Morgan fingerprint density at radius 3 is 2.40 bits per heavy atom. The van der Waals surface area contributed by atoms with E-state index in [1.54, 1.807) is 6.07 Å². The predicted octanol–water partition coefficient (Wildman–Crippen LogP) is 4.48. The predicted molar refractivity (Wildman–Crippen MR) is 114 cm³/mol. The summed E-state index contributed by atoms with van der Waals surface area (Å²) < 4.78 is 25.4. The lowest BCUT2D eigenvalue weighted by molar-refractivity contribution is 0.0699. The van der Waals surface area contributed by atoms with Crippen LogP contribution in [0.5, 0.6) is 5.75 Å². The summed E-state index contributed by atoms with van der Waals surface area (Å²) in [4.78, 5) is 16.6. The molecule has 2 aromatic carbocycles. The fraction of sp³-hybridized carbons (Fsp3) is 0.348. The number of furan rings is 1. The third kappa shape index (κ3) is 3.85. The number of aromatic carboxylic acids is 1. The Bertz CT molecular complexity index is 1070. The van der Waals surface area contributed by atoms with Gasteiger partial charge in [0.25, 0.3) is 0 Å². The number of hydrogen-bond donors (Lipinski definition) is 1. The number of ether oxygens (including phenoxy) is 1. The van der Waals surface area contributed by atoms with Gasteiger partial charge in [-0.2, -0.15) is 0 Å². The molecule has 0 saturated carbocycles. The van der Waals surface area contributed by atoms with Gasteiger partial charge in [-0.05, 0) is 51.2 Å². The summed E-state index contributed by atoms with van der Waals surface area (Å²) in [6, 6.07) is 9.23. The minimum Gasteiger partial charge on any atom is -0.489 e. The highest BCUT2D eigenvalue weighted by atomic mass is 19.1. The maximum absolute atomic E-state index is 13.4. The van der Waals surface area contributed by atoms with E-state index in [0.717, 1.165) is 31.9 Å². The Kier molecular flexibility index (Phi) is 5.39. The number of likely N-dealkylation sites (N-methyl/N-ethyl adjacent to an activating group) is 1. The van der Waals surface area contributed by atoms with Crippen molar-refractivity contribution in [2.75, 3.05) is 38.1 Å². The molecular formula is C23H25FN2O4.